The van der Waals surface area contributed by atoms with Crippen molar-refractivity contribution in [1.82, 2.24) is 0 Å². The van der Waals surface area contributed by atoms with Crippen molar-refractivity contribution in [2.45, 2.75) is 40.0 Å². The summed E-state index contributed by atoms with van der Waals surface area (Å²) >= 11 is 0. The first-order valence-electron chi connectivity index (χ1n) is 8.73. The third-order valence-electron chi connectivity index (χ3n) is 5.18. The van der Waals surface area contributed by atoms with E-state index >= 15 is 0 Å². The van der Waals surface area contributed by atoms with Gasteiger partial charge in [-0.3, -0.25) is 0 Å². The number of rotatable bonds is 3. The van der Waals surface area contributed by atoms with E-state index in [0.29, 0.717) is 0 Å². The molecule has 3 rings (SSSR count). The molecule has 0 bridgehead atoms. The zero-order valence-electron chi connectivity index (χ0n) is 17.1. The van der Waals surface area contributed by atoms with E-state index < -0.39 is 0 Å². The van der Waals surface area contributed by atoms with E-state index in [1.165, 1.54) is 27.8 Å². The first kappa shape index (κ1) is 29.6. The SMILES string of the molecule is Cc1cc(C)[c-](C(c2ccccc2)(c2ccccc2)C(C)(C)C)c1.[Cl-].[Cl-].[Cl-].[Ti+4]. The van der Waals surface area contributed by atoms with E-state index in [4.69, 9.17) is 0 Å². The topological polar surface area (TPSA) is 0 Å². The summed E-state index contributed by atoms with van der Waals surface area (Å²) in [6.07, 6.45) is 0. The molecule has 3 aromatic carbocycles. The second-order valence-corrected chi connectivity index (χ2v) is 7.86. The van der Waals surface area contributed by atoms with E-state index in [9.17, 15) is 0 Å². The fourth-order valence-electron chi connectivity index (χ4n) is 4.33. The minimum absolute atomic E-state index is 0. The molecule has 0 radical (unpaired) electrons. The Morgan fingerprint density at radius 1 is 0.679 bits per heavy atom. The van der Waals surface area contributed by atoms with E-state index in [2.05, 4.69) is 107 Å². The van der Waals surface area contributed by atoms with Crippen molar-refractivity contribution >= 4 is 0 Å². The van der Waals surface area contributed by atoms with Crippen molar-refractivity contribution in [3.63, 3.8) is 0 Å². The van der Waals surface area contributed by atoms with E-state index in [0.717, 1.165) is 0 Å². The Labute approximate surface area is 204 Å². The van der Waals surface area contributed by atoms with Crippen molar-refractivity contribution in [2.24, 2.45) is 5.41 Å². The second-order valence-electron chi connectivity index (χ2n) is 7.86. The summed E-state index contributed by atoms with van der Waals surface area (Å²) < 4.78 is 0. The van der Waals surface area contributed by atoms with Crippen LogP contribution in [0.5, 0.6) is 0 Å². The maximum Gasteiger partial charge on any atom is 4.00 e. The van der Waals surface area contributed by atoms with Crippen molar-refractivity contribution in [3.05, 3.63) is 101 Å². The Balaban J connectivity index is 0. The number of hydrogen-bond acceptors (Lipinski definition) is 0. The fourth-order valence-corrected chi connectivity index (χ4v) is 4.33. The molecule has 0 fully saturated rings. The molecule has 0 spiro atoms. The van der Waals surface area contributed by atoms with Crippen molar-refractivity contribution in [1.29, 1.82) is 0 Å². The number of benzene rings is 2. The van der Waals surface area contributed by atoms with Gasteiger partial charge >= 0.3 is 21.7 Å². The van der Waals surface area contributed by atoms with Crippen LogP contribution < -0.4 is 37.2 Å². The molecule has 0 aliphatic rings. The first-order chi connectivity index (χ1) is 11.4. The smallest absolute Gasteiger partial charge is 1.00 e. The third kappa shape index (κ3) is 5.10. The Hall–Kier alpha value is -0.626. The van der Waals surface area contributed by atoms with Gasteiger partial charge in [0.15, 0.2) is 0 Å². The van der Waals surface area contributed by atoms with E-state index in [1.807, 2.05) is 0 Å². The Bertz CT molecular complexity index is 779. The average molecular weight is 470 g/mol. The van der Waals surface area contributed by atoms with Crippen LogP contribution in [-0.4, -0.2) is 0 Å². The molecule has 0 heterocycles. The summed E-state index contributed by atoms with van der Waals surface area (Å²) in [5, 5.41) is 0. The molecular weight excluding hydrogens is 442 g/mol. The van der Waals surface area contributed by atoms with Crippen LogP contribution in [0.15, 0.2) is 72.8 Å². The van der Waals surface area contributed by atoms with Crippen LogP contribution >= 0.6 is 0 Å². The molecule has 28 heavy (non-hydrogen) atoms. The van der Waals surface area contributed by atoms with Gasteiger partial charge in [-0.1, -0.05) is 95.3 Å². The standard InChI is InChI=1S/C24H27.3ClH.Ti/c1-18-16-19(2)22(17-18)24(23(3,4)5,20-12-8-6-9-13-20)21-14-10-7-11-15-21;;;;/h6-17H,1-5H3;3*1H;/q-1;;;;+4/p-3. The zero-order valence-corrected chi connectivity index (χ0v) is 20.9. The predicted octanol–water partition coefficient (Wildman–Crippen LogP) is -2.59. The molecule has 0 saturated carbocycles. The molecule has 4 heteroatoms. The third-order valence-corrected chi connectivity index (χ3v) is 5.18. The van der Waals surface area contributed by atoms with E-state index in [-0.39, 0.29) is 69.8 Å². The average Bonchev–Trinajstić information content (AvgIpc) is 2.88. The van der Waals surface area contributed by atoms with Gasteiger partial charge in [-0.15, -0.1) is 5.56 Å². The van der Waals surface area contributed by atoms with Gasteiger partial charge in [0.05, 0.1) is 0 Å². The molecule has 0 amide bonds. The summed E-state index contributed by atoms with van der Waals surface area (Å²) in [5.41, 5.74) is 6.70. The van der Waals surface area contributed by atoms with Gasteiger partial charge in [0.25, 0.3) is 0 Å². The molecule has 0 aliphatic heterocycles. The van der Waals surface area contributed by atoms with E-state index in [1.54, 1.807) is 0 Å². The molecule has 0 nitrogen and oxygen atoms in total. The molecule has 148 valence electrons. The van der Waals surface area contributed by atoms with Gasteiger partial charge in [0.1, 0.15) is 0 Å². The van der Waals surface area contributed by atoms with Crippen molar-refractivity contribution in [2.75, 3.05) is 0 Å². The van der Waals surface area contributed by atoms with Gasteiger partial charge in [0.2, 0.25) is 0 Å². The van der Waals surface area contributed by atoms with Crippen LogP contribution in [0.3, 0.4) is 0 Å². The van der Waals surface area contributed by atoms with Crippen molar-refractivity contribution < 1.29 is 58.9 Å². The Kier molecular flexibility index (Phi) is 12.2. The molecule has 0 saturated heterocycles. The molecule has 3 aromatic rings. The van der Waals surface area contributed by atoms with Crippen LogP contribution in [0.2, 0.25) is 0 Å². The van der Waals surface area contributed by atoms with Crippen LogP contribution in [-0.2, 0) is 27.1 Å². The molecule has 0 unspecified atom stereocenters. The van der Waals surface area contributed by atoms with Gasteiger partial charge in [-0.25, -0.2) is 11.6 Å². The van der Waals surface area contributed by atoms with Crippen molar-refractivity contribution in [3.8, 4) is 0 Å². The number of aryl methyl sites for hydroxylation is 2. The minimum atomic E-state index is -0.173. The fraction of sp³-hybridized carbons (Fsp3) is 0.292. The van der Waals surface area contributed by atoms with Gasteiger partial charge < -0.3 is 37.2 Å². The summed E-state index contributed by atoms with van der Waals surface area (Å²) in [5.74, 6) is 0. The van der Waals surface area contributed by atoms with Crippen LogP contribution in [0, 0.1) is 19.3 Å². The molecule has 0 N–H and O–H groups in total. The monoisotopic (exact) mass is 468 g/mol. The van der Waals surface area contributed by atoms with Crippen LogP contribution in [0.4, 0.5) is 0 Å². The summed E-state index contributed by atoms with van der Waals surface area (Å²) in [6, 6.07) is 26.6. The normalized spacial score (nSPS) is 10.6. The molecular formula is C24H27Cl3Ti. The van der Waals surface area contributed by atoms with Gasteiger partial charge in [-0.05, 0) is 16.5 Å². The minimum Gasteiger partial charge on any atom is -1.00 e. The zero-order chi connectivity index (χ0) is 17.4. The number of halogens is 3. The second kappa shape index (κ2) is 11.5. The summed E-state index contributed by atoms with van der Waals surface area (Å²) in [7, 11) is 0. The molecule has 0 aromatic heterocycles. The quantitative estimate of drug-likeness (QED) is 0.292. The van der Waals surface area contributed by atoms with Crippen LogP contribution in [0.25, 0.3) is 0 Å². The van der Waals surface area contributed by atoms with Gasteiger partial charge in [-0.2, -0.15) is 11.6 Å². The maximum atomic E-state index is 2.38. The largest absolute Gasteiger partial charge is 4.00 e. The Morgan fingerprint density at radius 2 is 1.07 bits per heavy atom. The van der Waals surface area contributed by atoms with Gasteiger partial charge in [0, 0.05) is 5.41 Å². The first-order valence-corrected chi connectivity index (χ1v) is 8.73. The molecule has 0 aliphatic carbocycles. The summed E-state index contributed by atoms with van der Waals surface area (Å²) in [4.78, 5) is 0. The maximum absolute atomic E-state index is 2.38. The Morgan fingerprint density at radius 3 is 1.36 bits per heavy atom. The summed E-state index contributed by atoms with van der Waals surface area (Å²) in [6.45, 7) is 11.5. The molecule has 0 atom stereocenters. The predicted molar refractivity (Wildman–Crippen MR) is 104 cm³/mol. The van der Waals surface area contributed by atoms with Crippen LogP contribution in [0.1, 0.15) is 48.6 Å². The number of hydrogen-bond donors (Lipinski definition) is 0.